The molecule has 0 saturated carbocycles. The lowest BCUT2D eigenvalue weighted by atomic mass is 9.79. The van der Waals surface area contributed by atoms with Crippen molar-refractivity contribution in [3.05, 3.63) is 12.3 Å². The maximum atomic E-state index is 12.2. The number of hydrogen-bond donors (Lipinski definition) is 0. The predicted octanol–water partition coefficient (Wildman–Crippen LogP) is 3.39. The molecule has 2 rings (SSSR count). The predicted molar refractivity (Wildman–Crippen MR) is 80.2 cm³/mol. The van der Waals surface area contributed by atoms with Gasteiger partial charge in [-0.05, 0) is 31.0 Å². The molecule has 1 fully saturated rings. The van der Waals surface area contributed by atoms with Crippen LogP contribution < -0.4 is 0 Å². The normalized spacial score (nSPS) is 32.3. The maximum Gasteiger partial charge on any atom is 0.234 e. The maximum absolute atomic E-state index is 12.2. The van der Waals surface area contributed by atoms with Crippen molar-refractivity contribution >= 4 is 14.2 Å². The van der Waals surface area contributed by atoms with Gasteiger partial charge in [0.25, 0.3) is 0 Å². The second-order valence-electron chi connectivity index (χ2n) is 7.55. The van der Waals surface area contributed by atoms with Gasteiger partial charge in [0, 0.05) is 6.20 Å². The van der Waals surface area contributed by atoms with Crippen molar-refractivity contribution in [3.63, 3.8) is 0 Å². The van der Waals surface area contributed by atoms with E-state index in [9.17, 15) is 4.79 Å². The van der Waals surface area contributed by atoms with E-state index in [2.05, 4.69) is 53.8 Å². The van der Waals surface area contributed by atoms with E-state index in [1.54, 1.807) is 0 Å². The second kappa shape index (κ2) is 4.45. The summed E-state index contributed by atoms with van der Waals surface area (Å²) in [7, 11) is -1.80. The van der Waals surface area contributed by atoms with Crippen LogP contribution in [0.15, 0.2) is 12.3 Å². The zero-order valence-electron chi connectivity index (χ0n) is 13.2. The SMILES string of the molecule is CC1C=CN2C(=O)C([C@@H](C)O[Si](C)(C)C(C)(C)C)C12. The topological polar surface area (TPSA) is 29.5 Å². The number of fused-ring (bicyclic) bond motifs is 1. The molecule has 19 heavy (non-hydrogen) atoms. The number of hydrogen-bond acceptors (Lipinski definition) is 2. The number of nitrogens with zero attached hydrogens (tertiary/aromatic N) is 1. The first-order valence-corrected chi connectivity index (χ1v) is 10.2. The Hall–Kier alpha value is -0.613. The molecule has 0 N–H and O–H groups in total. The van der Waals surface area contributed by atoms with Crippen LogP contribution in [0.2, 0.25) is 18.1 Å². The third-order valence-corrected chi connectivity index (χ3v) is 9.68. The lowest BCUT2D eigenvalue weighted by molar-refractivity contribution is -0.157. The minimum absolute atomic E-state index is 0.0250. The van der Waals surface area contributed by atoms with E-state index in [-0.39, 0.29) is 23.0 Å². The van der Waals surface area contributed by atoms with Gasteiger partial charge < -0.3 is 9.33 Å². The van der Waals surface area contributed by atoms with Crippen molar-refractivity contribution in [3.8, 4) is 0 Å². The molecule has 4 atom stereocenters. The van der Waals surface area contributed by atoms with Gasteiger partial charge in [-0.2, -0.15) is 0 Å². The Kier molecular flexibility index (Phi) is 3.46. The zero-order chi connectivity index (χ0) is 14.6. The summed E-state index contributed by atoms with van der Waals surface area (Å²) < 4.78 is 6.40. The summed E-state index contributed by atoms with van der Waals surface area (Å²) in [6.07, 6.45) is 4.09. The molecule has 0 spiro atoms. The van der Waals surface area contributed by atoms with Gasteiger partial charge in [-0.1, -0.05) is 33.8 Å². The molecule has 1 amide bonds. The van der Waals surface area contributed by atoms with Gasteiger partial charge in [0.15, 0.2) is 8.32 Å². The van der Waals surface area contributed by atoms with Gasteiger partial charge >= 0.3 is 0 Å². The third kappa shape index (κ3) is 2.29. The molecule has 108 valence electrons. The molecule has 3 nitrogen and oxygen atoms in total. The average molecular weight is 281 g/mol. The van der Waals surface area contributed by atoms with Crippen LogP contribution in [0.1, 0.15) is 34.6 Å². The molecule has 2 aliphatic heterocycles. The smallest absolute Gasteiger partial charge is 0.234 e. The summed E-state index contributed by atoms with van der Waals surface area (Å²) in [5.41, 5.74) is 0. The zero-order valence-corrected chi connectivity index (χ0v) is 14.2. The monoisotopic (exact) mass is 281 g/mol. The van der Waals surface area contributed by atoms with Crippen LogP contribution in [0.25, 0.3) is 0 Å². The molecule has 2 aliphatic rings. The highest BCUT2D eigenvalue weighted by atomic mass is 28.4. The molecule has 4 heteroatoms. The third-order valence-electron chi connectivity index (χ3n) is 5.11. The standard InChI is InChI=1S/C15H27NO2Si/c1-10-8-9-16-13(10)12(14(16)17)11(2)18-19(6,7)15(3,4)5/h8-13H,1-7H3/t10?,11-,12?,13?/m1/s1. The number of rotatable bonds is 3. The van der Waals surface area contributed by atoms with E-state index < -0.39 is 8.32 Å². The van der Waals surface area contributed by atoms with E-state index in [0.717, 1.165) is 0 Å². The Morgan fingerprint density at radius 1 is 1.37 bits per heavy atom. The van der Waals surface area contributed by atoms with Crippen molar-refractivity contribution < 1.29 is 9.22 Å². The molecular formula is C15H27NO2Si. The molecule has 0 bridgehead atoms. The molecular weight excluding hydrogens is 254 g/mol. The number of carbonyl (C=O) groups is 1. The van der Waals surface area contributed by atoms with Crippen molar-refractivity contribution in [2.75, 3.05) is 0 Å². The van der Waals surface area contributed by atoms with Crippen LogP contribution in [0.3, 0.4) is 0 Å². The molecule has 3 unspecified atom stereocenters. The van der Waals surface area contributed by atoms with Crippen LogP contribution in [-0.2, 0) is 9.22 Å². The fraction of sp³-hybridized carbons (Fsp3) is 0.800. The second-order valence-corrected chi connectivity index (χ2v) is 12.3. The molecule has 2 heterocycles. The first kappa shape index (κ1) is 14.8. The van der Waals surface area contributed by atoms with Crippen molar-refractivity contribution in [2.24, 2.45) is 11.8 Å². The number of amides is 1. The Balaban J connectivity index is 2.06. The minimum Gasteiger partial charge on any atom is -0.413 e. The van der Waals surface area contributed by atoms with Crippen molar-refractivity contribution in [1.82, 2.24) is 4.90 Å². The first-order valence-electron chi connectivity index (χ1n) is 7.24. The Labute approximate surface area is 118 Å². The van der Waals surface area contributed by atoms with Gasteiger partial charge in [0.05, 0.1) is 18.1 Å². The van der Waals surface area contributed by atoms with E-state index in [1.165, 1.54) is 0 Å². The van der Waals surface area contributed by atoms with Gasteiger partial charge in [-0.25, -0.2) is 0 Å². The van der Waals surface area contributed by atoms with Crippen LogP contribution in [0.5, 0.6) is 0 Å². The van der Waals surface area contributed by atoms with Gasteiger partial charge in [0.2, 0.25) is 5.91 Å². The molecule has 0 radical (unpaired) electrons. The fourth-order valence-corrected chi connectivity index (χ4v) is 4.27. The quantitative estimate of drug-likeness (QED) is 0.586. The minimum atomic E-state index is -1.80. The lowest BCUT2D eigenvalue weighted by Gasteiger charge is -2.49. The lowest BCUT2D eigenvalue weighted by Crippen LogP contribution is -2.63. The van der Waals surface area contributed by atoms with Crippen molar-refractivity contribution in [2.45, 2.75) is 64.9 Å². The molecule has 0 aromatic rings. The largest absolute Gasteiger partial charge is 0.413 e. The molecule has 1 saturated heterocycles. The van der Waals surface area contributed by atoms with E-state index in [4.69, 9.17) is 4.43 Å². The molecule has 0 aromatic heterocycles. The Morgan fingerprint density at radius 2 is 1.95 bits per heavy atom. The Bertz CT molecular complexity index is 411. The summed E-state index contributed by atoms with van der Waals surface area (Å²) in [6.45, 7) is 15.5. The van der Waals surface area contributed by atoms with E-state index in [0.29, 0.717) is 12.0 Å². The Morgan fingerprint density at radius 3 is 2.47 bits per heavy atom. The van der Waals surface area contributed by atoms with E-state index in [1.807, 2.05) is 11.1 Å². The van der Waals surface area contributed by atoms with Gasteiger partial charge in [0.1, 0.15) is 0 Å². The van der Waals surface area contributed by atoms with Crippen LogP contribution in [0, 0.1) is 11.8 Å². The van der Waals surface area contributed by atoms with Crippen LogP contribution >= 0.6 is 0 Å². The van der Waals surface area contributed by atoms with Crippen LogP contribution in [-0.4, -0.2) is 31.3 Å². The summed E-state index contributed by atoms with van der Waals surface area (Å²) in [5, 5.41) is 0.188. The fourth-order valence-electron chi connectivity index (χ4n) is 2.84. The van der Waals surface area contributed by atoms with Gasteiger partial charge in [-0.15, -0.1) is 0 Å². The summed E-state index contributed by atoms with van der Waals surface area (Å²) >= 11 is 0. The first-order chi connectivity index (χ1) is 8.56. The molecule has 0 aromatic carbocycles. The highest BCUT2D eigenvalue weighted by Crippen LogP contribution is 2.43. The summed E-state index contributed by atoms with van der Waals surface area (Å²) in [6, 6.07) is 0.326. The van der Waals surface area contributed by atoms with Crippen LogP contribution in [0.4, 0.5) is 0 Å². The van der Waals surface area contributed by atoms with Crippen molar-refractivity contribution in [1.29, 1.82) is 0 Å². The number of β-lactam (4-membered cyclic amide) rings is 1. The summed E-state index contributed by atoms with van der Waals surface area (Å²) in [5.74, 6) is 0.726. The van der Waals surface area contributed by atoms with Gasteiger partial charge in [-0.3, -0.25) is 4.79 Å². The van der Waals surface area contributed by atoms with E-state index >= 15 is 0 Å². The number of carbonyl (C=O) groups excluding carboxylic acids is 1. The summed E-state index contributed by atoms with van der Waals surface area (Å²) in [4.78, 5) is 14.1. The highest BCUT2D eigenvalue weighted by Gasteiger charge is 2.54. The highest BCUT2D eigenvalue weighted by molar-refractivity contribution is 6.74. The molecule has 0 aliphatic carbocycles. The average Bonchev–Trinajstić information content (AvgIpc) is 2.53.